The zero-order valence-corrected chi connectivity index (χ0v) is 11.7. The second-order valence-electron chi connectivity index (χ2n) is 5.65. The van der Waals surface area contributed by atoms with Crippen LogP contribution in [0.3, 0.4) is 0 Å². The molecule has 2 aliphatic heterocycles. The Balaban J connectivity index is 1.97. The van der Waals surface area contributed by atoms with Crippen molar-refractivity contribution in [2.75, 3.05) is 31.8 Å². The van der Waals surface area contributed by atoms with E-state index in [2.05, 4.69) is 0 Å². The molecule has 18 heavy (non-hydrogen) atoms. The summed E-state index contributed by atoms with van der Waals surface area (Å²) >= 11 is 0. The van der Waals surface area contributed by atoms with Gasteiger partial charge in [-0.15, -0.1) is 0 Å². The Morgan fingerprint density at radius 1 is 1.33 bits per heavy atom. The van der Waals surface area contributed by atoms with Crippen LogP contribution in [0.5, 0.6) is 0 Å². The zero-order chi connectivity index (χ0) is 13.2. The maximum atomic E-state index is 11.3. The largest absolute Gasteiger partial charge is 0.381 e. The van der Waals surface area contributed by atoms with Crippen LogP contribution in [0.4, 0.5) is 0 Å². The predicted octanol–water partition coefficient (Wildman–Crippen LogP) is 0.334. The normalized spacial score (nSPS) is 30.2. The summed E-state index contributed by atoms with van der Waals surface area (Å²) in [6, 6.07) is -0.274. The van der Waals surface area contributed by atoms with E-state index in [-0.39, 0.29) is 23.3 Å². The Morgan fingerprint density at radius 3 is 2.61 bits per heavy atom. The van der Waals surface area contributed by atoms with Crippen LogP contribution in [0.2, 0.25) is 0 Å². The van der Waals surface area contributed by atoms with Crippen molar-refractivity contribution >= 4 is 9.84 Å². The standard InChI is InChI=1S/C12H23NO4S/c1-18(14,15)9-11(13)10-2-5-17-12(8-10)3-6-16-7-4-12/h10-11H,2-9,13H2,1H3. The number of nitrogens with two attached hydrogens (primary N) is 1. The van der Waals surface area contributed by atoms with Gasteiger partial charge in [0.15, 0.2) is 0 Å². The molecule has 2 aliphatic rings. The quantitative estimate of drug-likeness (QED) is 0.804. The van der Waals surface area contributed by atoms with Gasteiger partial charge in [-0.25, -0.2) is 8.42 Å². The molecular weight excluding hydrogens is 254 g/mol. The first-order chi connectivity index (χ1) is 8.40. The second-order valence-corrected chi connectivity index (χ2v) is 7.84. The van der Waals surface area contributed by atoms with Gasteiger partial charge in [0.2, 0.25) is 0 Å². The first kappa shape index (κ1) is 14.2. The van der Waals surface area contributed by atoms with Crippen molar-refractivity contribution in [1.82, 2.24) is 0 Å². The van der Waals surface area contributed by atoms with Crippen LogP contribution in [-0.2, 0) is 19.3 Å². The van der Waals surface area contributed by atoms with E-state index in [1.54, 1.807) is 0 Å². The average Bonchev–Trinajstić information content (AvgIpc) is 2.28. The molecular formula is C12H23NO4S. The highest BCUT2D eigenvalue weighted by molar-refractivity contribution is 7.90. The molecule has 5 nitrogen and oxygen atoms in total. The molecule has 0 aromatic heterocycles. The molecule has 0 aromatic carbocycles. The fraction of sp³-hybridized carbons (Fsp3) is 1.00. The van der Waals surface area contributed by atoms with Crippen molar-refractivity contribution in [1.29, 1.82) is 0 Å². The molecule has 0 radical (unpaired) electrons. The van der Waals surface area contributed by atoms with E-state index in [0.29, 0.717) is 6.61 Å². The minimum Gasteiger partial charge on any atom is -0.381 e. The first-order valence-corrected chi connectivity index (χ1v) is 8.61. The van der Waals surface area contributed by atoms with Crippen LogP contribution in [0.25, 0.3) is 0 Å². The molecule has 0 saturated carbocycles. The van der Waals surface area contributed by atoms with E-state index in [9.17, 15) is 8.42 Å². The predicted molar refractivity (Wildman–Crippen MR) is 69.1 cm³/mol. The van der Waals surface area contributed by atoms with E-state index in [0.717, 1.165) is 38.9 Å². The lowest BCUT2D eigenvalue weighted by molar-refractivity contribution is -0.148. The number of sulfone groups is 1. The second kappa shape index (κ2) is 5.45. The molecule has 2 N–H and O–H groups in total. The monoisotopic (exact) mass is 277 g/mol. The van der Waals surface area contributed by atoms with Gasteiger partial charge in [0.25, 0.3) is 0 Å². The van der Waals surface area contributed by atoms with Gasteiger partial charge in [-0.1, -0.05) is 0 Å². The molecule has 2 saturated heterocycles. The molecule has 2 heterocycles. The lowest BCUT2D eigenvalue weighted by Gasteiger charge is -2.44. The van der Waals surface area contributed by atoms with Crippen molar-refractivity contribution in [3.8, 4) is 0 Å². The first-order valence-electron chi connectivity index (χ1n) is 6.55. The van der Waals surface area contributed by atoms with E-state index >= 15 is 0 Å². The summed E-state index contributed by atoms with van der Waals surface area (Å²) in [6.07, 6.45) is 4.77. The van der Waals surface area contributed by atoms with Gasteiger partial charge in [-0.2, -0.15) is 0 Å². The Labute approximate surface area is 109 Å². The number of ether oxygens (including phenoxy) is 2. The van der Waals surface area contributed by atoms with Gasteiger partial charge < -0.3 is 15.2 Å². The number of rotatable bonds is 3. The lowest BCUT2D eigenvalue weighted by Crippen LogP contribution is -2.49. The van der Waals surface area contributed by atoms with Gasteiger partial charge in [-0.3, -0.25) is 0 Å². The average molecular weight is 277 g/mol. The van der Waals surface area contributed by atoms with Gasteiger partial charge in [-0.05, 0) is 31.6 Å². The van der Waals surface area contributed by atoms with E-state index in [1.165, 1.54) is 6.26 Å². The number of hydrogen-bond donors (Lipinski definition) is 1. The van der Waals surface area contributed by atoms with Crippen molar-refractivity contribution in [3.05, 3.63) is 0 Å². The third kappa shape index (κ3) is 3.66. The van der Waals surface area contributed by atoms with Crippen molar-refractivity contribution in [3.63, 3.8) is 0 Å². The summed E-state index contributed by atoms with van der Waals surface area (Å²) in [4.78, 5) is 0. The molecule has 2 atom stereocenters. The molecule has 0 aliphatic carbocycles. The number of hydrogen-bond acceptors (Lipinski definition) is 5. The van der Waals surface area contributed by atoms with Gasteiger partial charge in [0.05, 0.1) is 11.4 Å². The van der Waals surface area contributed by atoms with Crippen LogP contribution < -0.4 is 5.73 Å². The molecule has 2 rings (SSSR count). The smallest absolute Gasteiger partial charge is 0.148 e. The molecule has 2 unspecified atom stereocenters. The summed E-state index contributed by atoms with van der Waals surface area (Å²) in [5.74, 6) is 0.316. The maximum Gasteiger partial charge on any atom is 0.148 e. The summed E-state index contributed by atoms with van der Waals surface area (Å²) in [5.41, 5.74) is 5.94. The molecule has 2 fully saturated rings. The van der Waals surface area contributed by atoms with Crippen molar-refractivity contribution < 1.29 is 17.9 Å². The Hall–Kier alpha value is -0.170. The van der Waals surface area contributed by atoms with E-state index in [4.69, 9.17) is 15.2 Å². The fourth-order valence-corrected chi connectivity index (χ4v) is 3.98. The van der Waals surface area contributed by atoms with Gasteiger partial charge >= 0.3 is 0 Å². The van der Waals surface area contributed by atoms with Crippen LogP contribution >= 0.6 is 0 Å². The van der Waals surface area contributed by atoms with Crippen LogP contribution in [-0.4, -0.2) is 51.9 Å². The van der Waals surface area contributed by atoms with Crippen LogP contribution in [0, 0.1) is 5.92 Å². The zero-order valence-electron chi connectivity index (χ0n) is 10.9. The van der Waals surface area contributed by atoms with Gasteiger partial charge in [0.1, 0.15) is 9.84 Å². The molecule has 0 amide bonds. The Kier molecular flexibility index (Phi) is 4.31. The molecule has 1 spiro atoms. The summed E-state index contributed by atoms with van der Waals surface area (Å²) in [5, 5.41) is 0. The van der Waals surface area contributed by atoms with E-state index < -0.39 is 9.84 Å². The molecule has 106 valence electrons. The van der Waals surface area contributed by atoms with Crippen LogP contribution in [0.15, 0.2) is 0 Å². The summed E-state index contributed by atoms with van der Waals surface area (Å²) in [6.45, 7) is 2.14. The third-order valence-corrected chi connectivity index (χ3v) is 5.03. The minimum absolute atomic E-state index is 0.0737. The topological polar surface area (TPSA) is 78.6 Å². The van der Waals surface area contributed by atoms with Gasteiger partial charge in [0, 0.05) is 32.1 Å². The highest BCUT2D eigenvalue weighted by Crippen LogP contribution is 2.38. The lowest BCUT2D eigenvalue weighted by atomic mass is 9.78. The molecule has 6 heteroatoms. The third-order valence-electron chi connectivity index (χ3n) is 4.04. The summed E-state index contributed by atoms with van der Waals surface area (Å²) in [7, 11) is -3.01. The highest BCUT2D eigenvalue weighted by Gasteiger charge is 2.40. The Bertz CT molecular complexity index is 370. The summed E-state index contributed by atoms with van der Waals surface area (Å²) < 4.78 is 33.9. The van der Waals surface area contributed by atoms with Crippen molar-refractivity contribution in [2.24, 2.45) is 11.7 Å². The molecule has 0 aromatic rings. The maximum absolute atomic E-state index is 11.3. The Morgan fingerprint density at radius 2 is 2.00 bits per heavy atom. The van der Waals surface area contributed by atoms with E-state index in [1.807, 2.05) is 0 Å². The highest BCUT2D eigenvalue weighted by atomic mass is 32.2. The fourth-order valence-electron chi connectivity index (χ4n) is 3.01. The molecule has 0 bridgehead atoms. The van der Waals surface area contributed by atoms with Crippen LogP contribution in [0.1, 0.15) is 25.7 Å². The minimum atomic E-state index is -3.01. The van der Waals surface area contributed by atoms with Crippen molar-refractivity contribution in [2.45, 2.75) is 37.3 Å². The SMILES string of the molecule is CS(=O)(=O)CC(N)C1CCOC2(CCOCC2)C1.